The van der Waals surface area contributed by atoms with Crippen molar-refractivity contribution in [2.24, 2.45) is 0 Å². The van der Waals surface area contributed by atoms with E-state index >= 15 is 0 Å². The molecule has 2 atom stereocenters. The first kappa shape index (κ1) is 22.8. The lowest BCUT2D eigenvalue weighted by Crippen LogP contribution is -2.48. The van der Waals surface area contributed by atoms with Crippen LogP contribution in [0.4, 0.5) is 0 Å². The molecule has 1 saturated heterocycles. The minimum absolute atomic E-state index is 0.102. The van der Waals surface area contributed by atoms with E-state index in [2.05, 4.69) is 6.07 Å². The lowest BCUT2D eigenvalue weighted by Gasteiger charge is -2.34. The summed E-state index contributed by atoms with van der Waals surface area (Å²) in [6.07, 6.45) is 0.479. The number of nitrogens with zero attached hydrogens (tertiary/aromatic N) is 2. The Balaban J connectivity index is 1.48. The molecule has 8 heteroatoms. The first-order valence-electron chi connectivity index (χ1n) is 11.1. The third-order valence-corrected chi connectivity index (χ3v) is 7.76. The van der Waals surface area contributed by atoms with Crippen LogP contribution >= 0.6 is 0 Å². The van der Waals surface area contributed by atoms with Crippen molar-refractivity contribution in [1.82, 2.24) is 9.21 Å². The molecule has 2 unspecified atom stereocenters. The maximum Gasteiger partial charge on any atom is 0.254 e. The van der Waals surface area contributed by atoms with Crippen LogP contribution in [0.2, 0.25) is 0 Å². The van der Waals surface area contributed by atoms with Crippen molar-refractivity contribution in [2.75, 3.05) is 26.2 Å². The summed E-state index contributed by atoms with van der Waals surface area (Å²) in [5.74, 6) is 0.705. The molecule has 0 saturated carbocycles. The van der Waals surface area contributed by atoms with Crippen LogP contribution < -0.4 is 4.74 Å². The predicted octanol–water partition coefficient (Wildman–Crippen LogP) is 3.08. The average Bonchev–Trinajstić information content (AvgIpc) is 2.78. The van der Waals surface area contributed by atoms with Gasteiger partial charge in [0.1, 0.15) is 5.75 Å². The van der Waals surface area contributed by atoms with E-state index in [0.29, 0.717) is 38.3 Å². The lowest BCUT2D eigenvalue weighted by atomic mass is 9.99. The van der Waals surface area contributed by atoms with Crippen molar-refractivity contribution in [1.29, 1.82) is 0 Å². The Morgan fingerprint density at radius 1 is 1.06 bits per heavy atom. The van der Waals surface area contributed by atoms with Crippen molar-refractivity contribution in [3.8, 4) is 5.75 Å². The number of rotatable bonds is 5. The van der Waals surface area contributed by atoms with Gasteiger partial charge in [-0.2, -0.15) is 4.31 Å². The van der Waals surface area contributed by atoms with Crippen molar-refractivity contribution in [3.63, 3.8) is 0 Å². The average molecular weight is 459 g/mol. The Kier molecular flexibility index (Phi) is 6.55. The Morgan fingerprint density at radius 3 is 2.41 bits per heavy atom. The fraction of sp³-hybridized carbons (Fsp3) is 0.458. The van der Waals surface area contributed by atoms with Crippen LogP contribution in [0, 0.1) is 0 Å². The molecule has 2 aromatic rings. The standard InChI is InChI=1S/C24H30N2O5S/c1-4-30-22-8-5-19-11-12-25(16-21(19)13-22)24(27)20-6-9-23(10-7-20)32(28,29)26-14-17(2)31-18(3)15-26/h5-10,13,17-18H,4,11-12,14-16H2,1-3H3. The van der Waals surface area contributed by atoms with Crippen LogP contribution in [0.25, 0.3) is 0 Å². The number of amides is 1. The molecule has 0 aliphatic carbocycles. The summed E-state index contributed by atoms with van der Waals surface area (Å²) in [5, 5.41) is 0. The van der Waals surface area contributed by atoms with E-state index in [9.17, 15) is 13.2 Å². The van der Waals surface area contributed by atoms with Gasteiger partial charge in [0.25, 0.3) is 5.91 Å². The normalized spacial score (nSPS) is 21.8. The Bertz CT molecular complexity index is 1070. The topological polar surface area (TPSA) is 76.2 Å². The number of hydrogen-bond donors (Lipinski definition) is 0. The smallest absolute Gasteiger partial charge is 0.254 e. The van der Waals surface area contributed by atoms with Gasteiger partial charge in [0.05, 0.1) is 23.7 Å². The van der Waals surface area contributed by atoms with Crippen LogP contribution in [0.15, 0.2) is 47.4 Å². The number of morpholine rings is 1. The van der Waals surface area contributed by atoms with Crippen molar-refractivity contribution >= 4 is 15.9 Å². The van der Waals surface area contributed by atoms with Crippen LogP contribution in [-0.4, -0.2) is 62.0 Å². The van der Waals surface area contributed by atoms with Gasteiger partial charge in [-0.15, -0.1) is 0 Å². The predicted molar refractivity (Wildman–Crippen MR) is 121 cm³/mol. The van der Waals surface area contributed by atoms with Gasteiger partial charge in [0.2, 0.25) is 10.0 Å². The zero-order valence-electron chi connectivity index (χ0n) is 18.8. The highest BCUT2D eigenvalue weighted by Gasteiger charge is 2.32. The molecule has 2 aromatic carbocycles. The molecule has 0 aromatic heterocycles. The summed E-state index contributed by atoms with van der Waals surface area (Å²) in [7, 11) is -3.63. The van der Waals surface area contributed by atoms with Crippen LogP contribution in [-0.2, 0) is 27.7 Å². The molecule has 4 rings (SSSR count). The van der Waals surface area contributed by atoms with E-state index in [-0.39, 0.29) is 23.0 Å². The highest BCUT2D eigenvalue weighted by atomic mass is 32.2. The summed E-state index contributed by atoms with van der Waals surface area (Å²) in [5.41, 5.74) is 2.80. The molecule has 32 heavy (non-hydrogen) atoms. The van der Waals surface area contributed by atoms with Crippen molar-refractivity contribution < 1.29 is 22.7 Å². The summed E-state index contributed by atoms with van der Waals surface area (Å²) in [6.45, 7) is 8.07. The zero-order valence-corrected chi connectivity index (χ0v) is 19.6. The highest BCUT2D eigenvalue weighted by molar-refractivity contribution is 7.89. The Hall–Kier alpha value is -2.42. The maximum absolute atomic E-state index is 13.1. The van der Waals surface area contributed by atoms with Gasteiger partial charge in [-0.05, 0) is 74.7 Å². The van der Waals surface area contributed by atoms with E-state index in [1.807, 2.05) is 32.9 Å². The molecule has 1 fully saturated rings. The number of carbonyl (C=O) groups excluding carboxylic acids is 1. The zero-order chi connectivity index (χ0) is 22.9. The first-order chi connectivity index (χ1) is 15.3. The Labute approximate surface area is 190 Å². The number of sulfonamides is 1. The van der Waals surface area contributed by atoms with Gasteiger partial charge in [0, 0.05) is 31.7 Å². The molecule has 7 nitrogen and oxygen atoms in total. The molecule has 2 heterocycles. The van der Waals surface area contributed by atoms with Gasteiger partial charge < -0.3 is 14.4 Å². The molecule has 2 aliphatic heterocycles. The van der Waals surface area contributed by atoms with E-state index < -0.39 is 10.0 Å². The van der Waals surface area contributed by atoms with Crippen LogP contribution in [0.3, 0.4) is 0 Å². The van der Waals surface area contributed by atoms with Gasteiger partial charge in [-0.25, -0.2) is 8.42 Å². The number of carbonyl (C=O) groups is 1. The molecule has 0 radical (unpaired) electrons. The largest absolute Gasteiger partial charge is 0.494 e. The van der Waals surface area contributed by atoms with Crippen LogP contribution in [0.5, 0.6) is 5.75 Å². The molecular formula is C24H30N2O5S. The summed E-state index contributed by atoms with van der Waals surface area (Å²) in [6, 6.07) is 12.3. The number of ether oxygens (including phenoxy) is 2. The van der Waals surface area contributed by atoms with E-state index in [1.54, 1.807) is 17.0 Å². The van der Waals surface area contributed by atoms with Gasteiger partial charge in [0.15, 0.2) is 0 Å². The summed E-state index contributed by atoms with van der Waals surface area (Å²) in [4.78, 5) is 15.1. The lowest BCUT2D eigenvalue weighted by molar-refractivity contribution is -0.0440. The van der Waals surface area contributed by atoms with Crippen molar-refractivity contribution in [3.05, 3.63) is 59.2 Å². The van der Waals surface area contributed by atoms with E-state index in [1.165, 1.54) is 22.0 Å². The molecule has 2 aliphatic rings. The van der Waals surface area contributed by atoms with Gasteiger partial charge in [-0.3, -0.25) is 4.79 Å². The molecular weight excluding hydrogens is 428 g/mol. The highest BCUT2D eigenvalue weighted by Crippen LogP contribution is 2.26. The molecule has 0 spiro atoms. The monoisotopic (exact) mass is 458 g/mol. The van der Waals surface area contributed by atoms with Gasteiger partial charge in [-0.1, -0.05) is 6.07 Å². The van der Waals surface area contributed by atoms with Crippen molar-refractivity contribution in [2.45, 2.75) is 50.8 Å². The third kappa shape index (κ3) is 4.67. The SMILES string of the molecule is CCOc1ccc2c(c1)CN(C(=O)c1ccc(S(=O)(=O)N3CC(C)OC(C)C3)cc1)CC2. The fourth-order valence-corrected chi connectivity index (χ4v) is 5.98. The van der Waals surface area contributed by atoms with E-state index in [4.69, 9.17) is 9.47 Å². The minimum atomic E-state index is -3.63. The fourth-order valence-electron chi connectivity index (χ4n) is 4.39. The first-order valence-corrected chi connectivity index (χ1v) is 12.5. The summed E-state index contributed by atoms with van der Waals surface area (Å²) < 4.78 is 38.8. The number of benzene rings is 2. The second kappa shape index (κ2) is 9.21. The molecule has 0 bridgehead atoms. The number of hydrogen-bond acceptors (Lipinski definition) is 5. The molecule has 1 amide bonds. The molecule has 172 valence electrons. The Morgan fingerprint density at radius 2 is 1.75 bits per heavy atom. The second-order valence-electron chi connectivity index (χ2n) is 8.44. The quantitative estimate of drug-likeness (QED) is 0.688. The third-order valence-electron chi connectivity index (χ3n) is 5.91. The summed E-state index contributed by atoms with van der Waals surface area (Å²) >= 11 is 0. The van der Waals surface area contributed by atoms with E-state index in [0.717, 1.165) is 17.7 Å². The molecule has 0 N–H and O–H groups in total. The maximum atomic E-state index is 13.1. The van der Waals surface area contributed by atoms with Crippen LogP contribution in [0.1, 0.15) is 42.3 Å². The van der Waals surface area contributed by atoms with Gasteiger partial charge >= 0.3 is 0 Å². The number of fused-ring (bicyclic) bond motifs is 1. The second-order valence-corrected chi connectivity index (χ2v) is 10.4. The minimum Gasteiger partial charge on any atom is -0.494 e.